The zero-order chi connectivity index (χ0) is 9.30. The fourth-order valence-corrected chi connectivity index (χ4v) is 1.71. The topological polar surface area (TPSA) is 0 Å². The van der Waals surface area contributed by atoms with E-state index in [1.807, 2.05) is 0 Å². The Hall–Kier alpha value is -0.490. The Labute approximate surface area is 79.6 Å². The summed E-state index contributed by atoms with van der Waals surface area (Å²) in [6.07, 6.45) is 0. The molecule has 1 aromatic carbocycles. The highest BCUT2D eigenvalue weighted by molar-refractivity contribution is 6.17. The van der Waals surface area contributed by atoms with Gasteiger partial charge in [-0.3, -0.25) is 0 Å². The van der Waals surface area contributed by atoms with Crippen LogP contribution in [0.25, 0.3) is 0 Å². The molecule has 0 unspecified atom stereocenters. The smallest absolute Gasteiger partial charge is 0.0476 e. The molecule has 0 fully saturated rings. The molecule has 0 N–H and O–H groups in total. The van der Waals surface area contributed by atoms with Crippen LogP contribution in [0.4, 0.5) is 0 Å². The van der Waals surface area contributed by atoms with Gasteiger partial charge in [0.15, 0.2) is 0 Å². The molecule has 12 heavy (non-hydrogen) atoms. The van der Waals surface area contributed by atoms with E-state index in [0.717, 1.165) is 0 Å². The fraction of sp³-hybridized carbons (Fsp3) is 0.455. The largest absolute Gasteiger partial charge is 0.122 e. The predicted octanol–water partition coefficient (Wildman–Crippen LogP) is 3.66. The normalized spacial score (nSPS) is 10.4. The van der Waals surface area contributed by atoms with Crippen LogP contribution < -0.4 is 0 Å². The fourth-order valence-electron chi connectivity index (χ4n) is 1.43. The Morgan fingerprint density at radius 3 is 2.08 bits per heavy atom. The van der Waals surface area contributed by atoms with Gasteiger partial charge in [0.05, 0.1) is 0 Å². The van der Waals surface area contributed by atoms with E-state index in [0.29, 0.717) is 5.88 Å². The lowest BCUT2D eigenvalue weighted by Gasteiger charge is -2.11. The number of alkyl halides is 1. The van der Waals surface area contributed by atoms with Crippen LogP contribution in [-0.2, 0) is 5.88 Å². The number of hydrogen-bond donors (Lipinski definition) is 0. The zero-order valence-electron chi connectivity index (χ0n) is 8.16. The third kappa shape index (κ3) is 1.49. The third-order valence-corrected chi connectivity index (χ3v) is 3.02. The lowest BCUT2D eigenvalue weighted by molar-refractivity contribution is 1.16. The summed E-state index contributed by atoms with van der Waals surface area (Å²) in [5.74, 6) is 0.619. The third-order valence-electron chi connectivity index (χ3n) is 2.73. The van der Waals surface area contributed by atoms with Crippen LogP contribution in [0.2, 0.25) is 0 Å². The second kappa shape index (κ2) is 3.49. The van der Waals surface area contributed by atoms with Crippen LogP contribution in [0.3, 0.4) is 0 Å². The molecule has 0 heterocycles. The number of aryl methyl sites for hydroxylation is 1. The standard InChI is InChI=1S/C11H15Cl/c1-7-5-11(6-12)10(4)9(3)8(7)2/h5H,6H2,1-4H3. The second-order valence-corrected chi connectivity index (χ2v) is 3.63. The zero-order valence-corrected chi connectivity index (χ0v) is 8.92. The average Bonchev–Trinajstić information content (AvgIpc) is 2.08. The van der Waals surface area contributed by atoms with Crippen molar-refractivity contribution in [3.05, 3.63) is 33.9 Å². The van der Waals surface area contributed by atoms with Gasteiger partial charge < -0.3 is 0 Å². The maximum Gasteiger partial charge on any atom is 0.0476 e. The van der Waals surface area contributed by atoms with E-state index in [-0.39, 0.29) is 0 Å². The van der Waals surface area contributed by atoms with Crippen LogP contribution in [0.5, 0.6) is 0 Å². The highest BCUT2D eigenvalue weighted by atomic mass is 35.5. The van der Waals surface area contributed by atoms with Gasteiger partial charge in [0, 0.05) is 5.88 Å². The molecule has 0 aliphatic carbocycles. The molecule has 0 bridgehead atoms. The van der Waals surface area contributed by atoms with E-state index in [1.165, 1.54) is 27.8 Å². The van der Waals surface area contributed by atoms with Crippen molar-refractivity contribution in [1.29, 1.82) is 0 Å². The summed E-state index contributed by atoms with van der Waals surface area (Å²) >= 11 is 5.83. The Morgan fingerprint density at radius 2 is 1.58 bits per heavy atom. The summed E-state index contributed by atoms with van der Waals surface area (Å²) in [7, 11) is 0. The predicted molar refractivity (Wildman–Crippen MR) is 54.9 cm³/mol. The van der Waals surface area contributed by atoms with Crippen LogP contribution in [0.1, 0.15) is 27.8 Å². The molecule has 0 amide bonds. The van der Waals surface area contributed by atoms with Crippen LogP contribution in [-0.4, -0.2) is 0 Å². The maximum atomic E-state index is 5.83. The second-order valence-electron chi connectivity index (χ2n) is 3.36. The van der Waals surface area contributed by atoms with Crippen molar-refractivity contribution in [3.8, 4) is 0 Å². The quantitative estimate of drug-likeness (QED) is 0.582. The number of hydrogen-bond acceptors (Lipinski definition) is 0. The molecule has 0 aliphatic rings. The van der Waals surface area contributed by atoms with Crippen molar-refractivity contribution in [1.82, 2.24) is 0 Å². The van der Waals surface area contributed by atoms with Crippen LogP contribution in [0, 0.1) is 27.7 Å². The summed E-state index contributed by atoms with van der Waals surface area (Å²) in [5, 5.41) is 0. The average molecular weight is 183 g/mol. The van der Waals surface area contributed by atoms with Gasteiger partial charge in [-0.25, -0.2) is 0 Å². The lowest BCUT2D eigenvalue weighted by Crippen LogP contribution is -1.95. The molecule has 1 rings (SSSR count). The molecule has 0 nitrogen and oxygen atoms in total. The lowest BCUT2D eigenvalue weighted by atomic mass is 9.95. The van der Waals surface area contributed by atoms with Crippen molar-refractivity contribution in [2.45, 2.75) is 33.6 Å². The van der Waals surface area contributed by atoms with E-state index >= 15 is 0 Å². The molecular weight excluding hydrogens is 168 g/mol. The minimum atomic E-state index is 0.619. The van der Waals surface area contributed by atoms with Gasteiger partial charge in [-0.15, -0.1) is 11.6 Å². The molecule has 0 aliphatic heterocycles. The minimum Gasteiger partial charge on any atom is -0.122 e. The van der Waals surface area contributed by atoms with Gasteiger partial charge in [-0.2, -0.15) is 0 Å². The van der Waals surface area contributed by atoms with Crippen molar-refractivity contribution in [2.75, 3.05) is 0 Å². The van der Waals surface area contributed by atoms with E-state index in [2.05, 4.69) is 33.8 Å². The molecule has 0 atom stereocenters. The molecule has 1 aromatic rings. The molecule has 66 valence electrons. The summed E-state index contributed by atoms with van der Waals surface area (Å²) < 4.78 is 0. The SMILES string of the molecule is Cc1cc(CCl)c(C)c(C)c1C. The van der Waals surface area contributed by atoms with E-state index in [1.54, 1.807) is 0 Å². The molecule has 0 spiro atoms. The number of benzene rings is 1. The van der Waals surface area contributed by atoms with Crippen LogP contribution >= 0.6 is 11.6 Å². The van der Waals surface area contributed by atoms with Crippen molar-refractivity contribution >= 4 is 11.6 Å². The number of rotatable bonds is 1. The minimum absolute atomic E-state index is 0.619. The Kier molecular flexibility index (Phi) is 2.79. The van der Waals surface area contributed by atoms with Crippen LogP contribution in [0.15, 0.2) is 6.07 Å². The van der Waals surface area contributed by atoms with Crippen molar-refractivity contribution < 1.29 is 0 Å². The first kappa shape index (κ1) is 9.60. The highest BCUT2D eigenvalue weighted by Gasteiger charge is 2.05. The first-order valence-electron chi connectivity index (χ1n) is 4.20. The first-order valence-corrected chi connectivity index (χ1v) is 4.73. The van der Waals surface area contributed by atoms with E-state index < -0.39 is 0 Å². The molecule has 0 radical (unpaired) electrons. The molecule has 0 saturated heterocycles. The summed E-state index contributed by atoms with van der Waals surface area (Å²) in [6, 6.07) is 2.19. The summed E-state index contributed by atoms with van der Waals surface area (Å²) in [5.41, 5.74) is 6.71. The van der Waals surface area contributed by atoms with Gasteiger partial charge in [0.1, 0.15) is 0 Å². The number of halogens is 1. The summed E-state index contributed by atoms with van der Waals surface area (Å²) in [4.78, 5) is 0. The van der Waals surface area contributed by atoms with E-state index in [9.17, 15) is 0 Å². The highest BCUT2D eigenvalue weighted by Crippen LogP contribution is 2.22. The summed E-state index contributed by atoms with van der Waals surface area (Å²) in [6.45, 7) is 8.60. The Bertz CT molecular complexity index is 300. The first-order chi connectivity index (χ1) is 5.57. The Morgan fingerprint density at radius 1 is 1.00 bits per heavy atom. The van der Waals surface area contributed by atoms with Gasteiger partial charge in [-0.1, -0.05) is 6.07 Å². The van der Waals surface area contributed by atoms with Crippen molar-refractivity contribution in [2.24, 2.45) is 0 Å². The van der Waals surface area contributed by atoms with Crippen molar-refractivity contribution in [3.63, 3.8) is 0 Å². The van der Waals surface area contributed by atoms with Gasteiger partial charge >= 0.3 is 0 Å². The van der Waals surface area contributed by atoms with Gasteiger partial charge in [0.2, 0.25) is 0 Å². The van der Waals surface area contributed by atoms with Gasteiger partial charge in [0.25, 0.3) is 0 Å². The molecule has 0 saturated carbocycles. The van der Waals surface area contributed by atoms with Gasteiger partial charge in [-0.05, 0) is 55.5 Å². The molecule has 0 aromatic heterocycles. The molecule has 1 heteroatoms. The Balaban J connectivity index is 3.39. The monoisotopic (exact) mass is 182 g/mol. The van der Waals surface area contributed by atoms with E-state index in [4.69, 9.17) is 11.6 Å². The molecular formula is C11H15Cl. The maximum absolute atomic E-state index is 5.83.